The molecule has 2 fully saturated rings. The van der Waals surface area contributed by atoms with Crippen LogP contribution in [0.4, 0.5) is 0 Å². The lowest BCUT2D eigenvalue weighted by Gasteiger charge is -2.52. The van der Waals surface area contributed by atoms with E-state index < -0.39 is 6.04 Å². The van der Waals surface area contributed by atoms with Crippen LogP contribution in [0.25, 0.3) is 0 Å². The number of nitrogens with zero attached hydrogens (tertiary/aromatic N) is 2. The van der Waals surface area contributed by atoms with E-state index in [1.807, 2.05) is 18.2 Å². The smallest absolute Gasteiger partial charge is 0.255 e. The molecular formula is C21H24N4O3. The predicted octanol–water partition coefficient (Wildman–Crippen LogP) is 0.552. The lowest BCUT2D eigenvalue weighted by Crippen LogP contribution is -2.69. The highest BCUT2D eigenvalue weighted by molar-refractivity contribution is 6.06. The number of hydrogen-bond donors (Lipinski definition) is 2. The summed E-state index contributed by atoms with van der Waals surface area (Å²) >= 11 is 0. The van der Waals surface area contributed by atoms with Crippen LogP contribution < -0.4 is 10.6 Å². The number of carbonyl (C=O) groups is 3. The second kappa shape index (κ2) is 6.53. The number of benzene rings is 1. The number of hydrogen-bond acceptors (Lipinski definition) is 5. The summed E-state index contributed by atoms with van der Waals surface area (Å²) in [4.78, 5) is 41.1. The summed E-state index contributed by atoms with van der Waals surface area (Å²) < 4.78 is 0. The molecule has 0 aliphatic carbocycles. The maximum absolute atomic E-state index is 13.2. The molecule has 1 spiro atoms. The fraction of sp³-hybridized carbons (Fsp3) is 0.476. The molecule has 1 unspecified atom stereocenters. The van der Waals surface area contributed by atoms with E-state index in [1.165, 1.54) is 0 Å². The molecule has 4 aliphatic rings. The SMILES string of the molecule is O=C1CCC(N2Cc3cccc(CN4CC=CCC45CNC5)c3C2=O)C(=O)N1. The van der Waals surface area contributed by atoms with Crippen molar-refractivity contribution in [1.82, 2.24) is 20.4 Å². The Labute approximate surface area is 163 Å². The van der Waals surface area contributed by atoms with Gasteiger partial charge in [0.1, 0.15) is 6.04 Å². The van der Waals surface area contributed by atoms with Crippen molar-refractivity contribution < 1.29 is 14.4 Å². The highest BCUT2D eigenvalue weighted by Crippen LogP contribution is 2.34. The maximum atomic E-state index is 13.2. The molecule has 7 heteroatoms. The molecule has 3 amide bonds. The van der Waals surface area contributed by atoms with Crippen molar-refractivity contribution in [3.05, 3.63) is 47.0 Å². The lowest BCUT2D eigenvalue weighted by atomic mass is 9.83. The Morgan fingerprint density at radius 1 is 1.14 bits per heavy atom. The van der Waals surface area contributed by atoms with E-state index in [0.717, 1.165) is 49.3 Å². The van der Waals surface area contributed by atoms with Gasteiger partial charge in [0.25, 0.3) is 5.91 Å². The molecule has 1 aromatic carbocycles. The number of carbonyl (C=O) groups excluding carboxylic acids is 3. The van der Waals surface area contributed by atoms with Gasteiger partial charge < -0.3 is 10.2 Å². The van der Waals surface area contributed by atoms with Crippen LogP contribution in [0.1, 0.15) is 40.7 Å². The van der Waals surface area contributed by atoms with Crippen molar-refractivity contribution in [2.24, 2.45) is 0 Å². The zero-order valence-corrected chi connectivity index (χ0v) is 15.7. The second-order valence-electron chi connectivity index (χ2n) is 8.24. The van der Waals surface area contributed by atoms with Crippen molar-refractivity contribution in [2.45, 2.75) is 43.9 Å². The highest BCUT2D eigenvalue weighted by atomic mass is 16.2. The van der Waals surface area contributed by atoms with Crippen LogP contribution in [0, 0.1) is 0 Å². The van der Waals surface area contributed by atoms with Gasteiger partial charge >= 0.3 is 0 Å². The second-order valence-corrected chi connectivity index (χ2v) is 8.24. The standard InChI is InChI=1S/C21H24N4O3/c26-17-7-6-16(19(27)23-17)25-11-15-5-3-4-14(18(15)20(25)28)10-24-9-2-1-8-21(24)12-22-13-21/h1-5,16,22H,6-13H2,(H,23,26,27). The van der Waals surface area contributed by atoms with Crippen LogP contribution in [0.2, 0.25) is 0 Å². The Balaban J connectivity index is 1.41. The first-order valence-electron chi connectivity index (χ1n) is 9.94. The van der Waals surface area contributed by atoms with Crippen molar-refractivity contribution in [3.8, 4) is 0 Å². The fourth-order valence-corrected chi connectivity index (χ4v) is 4.87. The molecule has 2 saturated heterocycles. The number of amides is 3. The van der Waals surface area contributed by atoms with E-state index in [2.05, 4.69) is 27.7 Å². The first-order chi connectivity index (χ1) is 13.6. The molecule has 4 heterocycles. The van der Waals surface area contributed by atoms with E-state index >= 15 is 0 Å². The van der Waals surface area contributed by atoms with E-state index in [0.29, 0.717) is 13.0 Å². The summed E-state index contributed by atoms with van der Waals surface area (Å²) in [6.45, 7) is 3.99. The summed E-state index contributed by atoms with van der Waals surface area (Å²) in [5.41, 5.74) is 2.89. The summed E-state index contributed by atoms with van der Waals surface area (Å²) in [5, 5.41) is 5.75. The number of fused-ring (bicyclic) bond motifs is 1. The number of rotatable bonds is 3. The minimum atomic E-state index is -0.564. The Kier molecular flexibility index (Phi) is 4.10. The molecule has 1 aromatic rings. The first-order valence-corrected chi connectivity index (χ1v) is 9.94. The van der Waals surface area contributed by atoms with E-state index in [1.54, 1.807) is 4.90 Å². The minimum absolute atomic E-state index is 0.0894. The van der Waals surface area contributed by atoms with Crippen molar-refractivity contribution in [1.29, 1.82) is 0 Å². The molecule has 4 aliphatic heterocycles. The third kappa shape index (κ3) is 2.69. The summed E-state index contributed by atoms with van der Waals surface area (Å²) in [6, 6.07) is 5.44. The third-order valence-corrected chi connectivity index (χ3v) is 6.57. The predicted molar refractivity (Wildman–Crippen MR) is 102 cm³/mol. The van der Waals surface area contributed by atoms with Gasteiger partial charge in [-0.05, 0) is 24.0 Å². The average molecular weight is 380 g/mol. The minimum Gasteiger partial charge on any atom is -0.322 e. The molecule has 146 valence electrons. The third-order valence-electron chi connectivity index (χ3n) is 6.57. The molecule has 0 bridgehead atoms. The lowest BCUT2D eigenvalue weighted by molar-refractivity contribution is -0.136. The van der Waals surface area contributed by atoms with Crippen LogP contribution in [0.15, 0.2) is 30.4 Å². The summed E-state index contributed by atoms with van der Waals surface area (Å²) in [6.07, 6.45) is 6.16. The van der Waals surface area contributed by atoms with Crippen LogP contribution in [-0.4, -0.2) is 58.7 Å². The van der Waals surface area contributed by atoms with Gasteiger partial charge in [0.2, 0.25) is 11.8 Å². The van der Waals surface area contributed by atoms with Crippen molar-refractivity contribution in [2.75, 3.05) is 19.6 Å². The van der Waals surface area contributed by atoms with E-state index in [4.69, 9.17) is 0 Å². The molecular weight excluding hydrogens is 356 g/mol. The monoisotopic (exact) mass is 380 g/mol. The van der Waals surface area contributed by atoms with Gasteiger partial charge in [0.05, 0.1) is 0 Å². The maximum Gasteiger partial charge on any atom is 0.255 e. The molecule has 7 nitrogen and oxygen atoms in total. The molecule has 28 heavy (non-hydrogen) atoms. The molecule has 1 atom stereocenters. The van der Waals surface area contributed by atoms with Gasteiger partial charge in [-0.15, -0.1) is 0 Å². The van der Waals surface area contributed by atoms with E-state index in [9.17, 15) is 14.4 Å². The molecule has 0 radical (unpaired) electrons. The Morgan fingerprint density at radius 3 is 2.75 bits per heavy atom. The number of nitrogens with one attached hydrogen (secondary N) is 2. The zero-order valence-electron chi connectivity index (χ0n) is 15.7. The van der Waals surface area contributed by atoms with Gasteiger partial charge in [-0.1, -0.05) is 30.4 Å². The van der Waals surface area contributed by atoms with Crippen LogP contribution in [0.3, 0.4) is 0 Å². The summed E-state index contributed by atoms with van der Waals surface area (Å²) in [5.74, 6) is -0.711. The quantitative estimate of drug-likeness (QED) is 0.591. The fourth-order valence-electron chi connectivity index (χ4n) is 4.87. The molecule has 0 aromatic heterocycles. The van der Waals surface area contributed by atoms with Gasteiger partial charge in [0.15, 0.2) is 0 Å². The first kappa shape index (κ1) is 17.6. The Morgan fingerprint density at radius 2 is 2.00 bits per heavy atom. The average Bonchev–Trinajstić information content (AvgIpc) is 2.98. The molecule has 5 rings (SSSR count). The Hall–Kier alpha value is -2.51. The largest absolute Gasteiger partial charge is 0.322 e. The topological polar surface area (TPSA) is 81.8 Å². The van der Waals surface area contributed by atoms with Crippen LogP contribution >= 0.6 is 0 Å². The van der Waals surface area contributed by atoms with Gasteiger partial charge in [0, 0.05) is 50.2 Å². The van der Waals surface area contributed by atoms with Crippen LogP contribution in [0.5, 0.6) is 0 Å². The van der Waals surface area contributed by atoms with Crippen molar-refractivity contribution >= 4 is 17.7 Å². The number of piperidine rings is 1. The Bertz CT molecular complexity index is 890. The zero-order chi connectivity index (χ0) is 19.3. The highest BCUT2D eigenvalue weighted by Gasteiger charge is 2.44. The summed E-state index contributed by atoms with van der Waals surface area (Å²) in [7, 11) is 0. The van der Waals surface area contributed by atoms with E-state index in [-0.39, 0.29) is 29.7 Å². The molecule has 2 N–H and O–H groups in total. The van der Waals surface area contributed by atoms with Gasteiger partial charge in [-0.3, -0.25) is 24.6 Å². The van der Waals surface area contributed by atoms with Gasteiger partial charge in [-0.2, -0.15) is 0 Å². The molecule has 0 saturated carbocycles. The normalized spacial score (nSPS) is 26.4. The number of imide groups is 1. The van der Waals surface area contributed by atoms with Gasteiger partial charge in [-0.25, -0.2) is 0 Å². The van der Waals surface area contributed by atoms with Crippen molar-refractivity contribution in [3.63, 3.8) is 0 Å². The van der Waals surface area contributed by atoms with Crippen LogP contribution in [-0.2, 0) is 22.7 Å².